The zero-order valence-corrected chi connectivity index (χ0v) is 15.6. The van der Waals surface area contributed by atoms with E-state index in [0.29, 0.717) is 27.8 Å². The summed E-state index contributed by atoms with van der Waals surface area (Å²) >= 11 is 1.21. The van der Waals surface area contributed by atoms with Crippen LogP contribution in [0.15, 0.2) is 53.7 Å². The van der Waals surface area contributed by atoms with Gasteiger partial charge in [-0.1, -0.05) is 23.9 Å². The van der Waals surface area contributed by atoms with Gasteiger partial charge in [-0.25, -0.2) is 0 Å². The van der Waals surface area contributed by atoms with E-state index >= 15 is 0 Å². The summed E-state index contributed by atoms with van der Waals surface area (Å²) in [5, 5.41) is 14.8. The molecule has 1 heterocycles. The molecule has 0 unspecified atom stereocenters. The molecular formula is C18H17N5O3S. The Morgan fingerprint density at radius 2 is 1.89 bits per heavy atom. The molecule has 0 saturated heterocycles. The van der Waals surface area contributed by atoms with Crippen LogP contribution < -0.4 is 10.1 Å². The summed E-state index contributed by atoms with van der Waals surface area (Å²) in [7, 11) is 1.55. The third kappa shape index (κ3) is 4.50. The van der Waals surface area contributed by atoms with Gasteiger partial charge in [0.1, 0.15) is 5.75 Å². The van der Waals surface area contributed by atoms with Crippen molar-refractivity contribution >= 4 is 29.1 Å². The SMILES string of the molecule is COc1ccccc1NC(=O)CSc1nnnn1-c1ccc(C(C)=O)cc1. The molecule has 0 atom stereocenters. The lowest BCUT2D eigenvalue weighted by molar-refractivity contribution is -0.113. The minimum absolute atomic E-state index is 0.0131. The first-order valence-electron chi connectivity index (χ1n) is 8.04. The van der Waals surface area contributed by atoms with Gasteiger partial charge in [-0.3, -0.25) is 9.59 Å². The van der Waals surface area contributed by atoms with E-state index in [4.69, 9.17) is 4.74 Å². The van der Waals surface area contributed by atoms with Crippen molar-refractivity contribution in [1.29, 1.82) is 0 Å². The Morgan fingerprint density at radius 3 is 2.59 bits per heavy atom. The van der Waals surface area contributed by atoms with Gasteiger partial charge >= 0.3 is 0 Å². The zero-order valence-electron chi connectivity index (χ0n) is 14.7. The molecule has 2 aromatic carbocycles. The van der Waals surface area contributed by atoms with Crippen LogP contribution in [0.3, 0.4) is 0 Å². The third-order valence-corrected chi connectivity index (χ3v) is 4.59. The Labute approximate surface area is 159 Å². The number of hydrogen-bond acceptors (Lipinski definition) is 7. The van der Waals surface area contributed by atoms with E-state index in [9.17, 15) is 9.59 Å². The van der Waals surface area contributed by atoms with Crippen molar-refractivity contribution < 1.29 is 14.3 Å². The largest absolute Gasteiger partial charge is 0.495 e. The van der Waals surface area contributed by atoms with E-state index in [1.807, 2.05) is 12.1 Å². The van der Waals surface area contributed by atoms with Crippen LogP contribution in [0.25, 0.3) is 5.69 Å². The quantitative estimate of drug-likeness (QED) is 0.494. The number of aromatic nitrogens is 4. The molecule has 0 aliphatic carbocycles. The summed E-state index contributed by atoms with van der Waals surface area (Å²) in [6.07, 6.45) is 0. The van der Waals surface area contributed by atoms with Crippen LogP contribution in [0, 0.1) is 0 Å². The number of nitrogens with one attached hydrogen (secondary N) is 1. The number of benzene rings is 2. The molecule has 1 N–H and O–H groups in total. The predicted octanol–water partition coefficient (Wildman–Crippen LogP) is 2.60. The number of para-hydroxylation sites is 2. The number of tetrazole rings is 1. The van der Waals surface area contributed by atoms with Gasteiger partial charge in [0.2, 0.25) is 11.1 Å². The predicted molar refractivity (Wildman–Crippen MR) is 102 cm³/mol. The second kappa shape index (κ2) is 8.45. The second-order valence-corrected chi connectivity index (χ2v) is 6.46. The number of thioether (sulfide) groups is 1. The van der Waals surface area contributed by atoms with E-state index in [1.54, 1.807) is 43.5 Å². The van der Waals surface area contributed by atoms with Crippen molar-refractivity contribution in [3.63, 3.8) is 0 Å². The second-order valence-electron chi connectivity index (χ2n) is 5.51. The standard InChI is InChI=1S/C18H17N5O3S/c1-12(24)13-7-9-14(10-8-13)23-18(20-21-22-23)27-11-17(25)19-15-5-3-4-6-16(15)26-2/h3-10H,11H2,1-2H3,(H,19,25). The van der Waals surface area contributed by atoms with Crippen LogP contribution in [0.2, 0.25) is 0 Å². The molecular weight excluding hydrogens is 366 g/mol. The molecule has 0 radical (unpaired) electrons. The van der Waals surface area contributed by atoms with Gasteiger partial charge in [-0.2, -0.15) is 4.68 Å². The Hall–Kier alpha value is -3.20. The van der Waals surface area contributed by atoms with Gasteiger partial charge in [0, 0.05) is 5.56 Å². The molecule has 9 heteroatoms. The van der Waals surface area contributed by atoms with E-state index in [2.05, 4.69) is 20.8 Å². The number of ether oxygens (including phenoxy) is 1. The van der Waals surface area contributed by atoms with Crippen molar-refractivity contribution in [1.82, 2.24) is 20.2 Å². The highest BCUT2D eigenvalue weighted by atomic mass is 32.2. The highest BCUT2D eigenvalue weighted by Gasteiger charge is 2.13. The number of nitrogens with zero attached hydrogens (tertiary/aromatic N) is 4. The summed E-state index contributed by atoms with van der Waals surface area (Å²) in [6.45, 7) is 1.51. The number of ketones is 1. The van der Waals surface area contributed by atoms with E-state index in [0.717, 1.165) is 0 Å². The van der Waals surface area contributed by atoms with Crippen LogP contribution in [-0.4, -0.2) is 44.8 Å². The van der Waals surface area contributed by atoms with Crippen molar-refractivity contribution in [2.45, 2.75) is 12.1 Å². The molecule has 0 aliphatic heterocycles. The number of methoxy groups -OCH3 is 1. The van der Waals surface area contributed by atoms with Crippen LogP contribution >= 0.6 is 11.8 Å². The maximum absolute atomic E-state index is 12.2. The number of Topliss-reactive ketones (excluding diaryl/α,β-unsaturated/α-hetero) is 1. The fourth-order valence-electron chi connectivity index (χ4n) is 2.33. The van der Waals surface area contributed by atoms with Gasteiger partial charge in [0.25, 0.3) is 0 Å². The molecule has 0 spiro atoms. The molecule has 138 valence electrons. The Morgan fingerprint density at radius 1 is 1.15 bits per heavy atom. The lowest BCUT2D eigenvalue weighted by atomic mass is 10.1. The van der Waals surface area contributed by atoms with Gasteiger partial charge < -0.3 is 10.1 Å². The van der Waals surface area contributed by atoms with Crippen molar-refractivity contribution in [3.05, 3.63) is 54.1 Å². The highest BCUT2D eigenvalue weighted by Crippen LogP contribution is 2.24. The average molecular weight is 383 g/mol. The van der Waals surface area contributed by atoms with Gasteiger partial charge in [0.05, 0.1) is 24.2 Å². The molecule has 1 amide bonds. The summed E-state index contributed by atoms with van der Waals surface area (Å²) < 4.78 is 6.74. The Bertz CT molecular complexity index is 956. The Kier molecular flexibility index (Phi) is 5.82. The van der Waals surface area contributed by atoms with Gasteiger partial charge in [-0.05, 0) is 53.7 Å². The number of amides is 1. The van der Waals surface area contributed by atoms with Crippen LogP contribution in [-0.2, 0) is 4.79 Å². The minimum Gasteiger partial charge on any atom is -0.495 e. The van der Waals surface area contributed by atoms with Gasteiger partial charge in [0.15, 0.2) is 5.78 Å². The van der Waals surface area contributed by atoms with Crippen LogP contribution in [0.4, 0.5) is 5.69 Å². The average Bonchev–Trinajstić information content (AvgIpc) is 3.15. The molecule has 3 aromatic rings. The van der Waals surface area contributed by atoms with E-state index in [1.165, 1.54) is 23.4 Å². The molecule has 27 heavy (non-hydrogen) atoms. The smallest absolute Gasteiger partial charge is 0.234 e. The first-order chi connectivity index (χ1) is 13.1. The maximum Gasteiger partial charge on any atom is 0.234 e. The summed E-state index contributed by atoms with van der Waals surface area (Å²) in [4.78, 5) is 23.6. The molecule has 8 nitrogen and oxygen atoms in total. The minimum atomic E-state index is -0.203. The number of hydrogen-bond donors (Lipinski definition) is 1. The fraction of sp³-hybridized carbons (Fsp3) is 0.167. The molecule has 0 aliphatic rings. The summed E-state index contributed by atoms with van der Waals surface area (Å²) in [6, 6.07) is 14.1. The molecule has 0 bridgehead atoms. The summed E-state index contributed by atoms with van der Waals surface area (Å²) in [5.74, 6) is 0.502. The normalized spacial score (nSPS) is 10.4. The third-order valence-electron chi connectivity index (χ3n) is 3.67. The van der Waals surface area contributed by atoms with Crippen molar-refractivity contribution in [2.24, 2.45) is 0 Å². The topological polar surface area (TPSA) is 99.0 Å². The first kappa shape index (κ1) is 18.6. The highest BCUT2D eigenvalue weighted by molar-refractivity contribution is 7.99. The lowest BCUT2D eigenvalue weighted by Crippen LogP contribution is -2.15. The van der Waals surface area contributed by atoms with Crippen molar-refractivity contribution in [3.8, 4) is 11.4 Å². The fourth-order valence-corrected chi connectivity index (χ4v) is 3.02. The lowest BCUT2D eigenvalue weighted by Gasteiger charge is -2.09. The number of anilines is 1. The van der Waals surface area contributed by atoms with Gasteiger partial charge in [-0.15, -0.1) is 5.10 Å². The van der Waals surface area contributed by atoms with E-state index in [-0.39, 0.29) is 17.4 Å². The molecule has 1 aromatic heterocycles. The Balaban J connectivity index is 1.66. The zero-order chi connectivity index (χ0) is 19.2. The maximum atomic E-state index is 12.2. The number of rotatable bonds is 7. The first-order valence-corrected chi connectivity index (χ1v) is 9.02. The number of carbonyl (C=O) groups excluding carboxylic acids is 2. The van der Waals surface area contributed by atoms with Crippen molar-refractivity contribution in [2.75, 3.05) is 18.2 Å². The molecule has 0 saturated carbocycles. The van der Waals surface area contributed by atoms with Crippen LogP contribution in [0.5, 0.6) is 5.75 Å². The molecule has 3 rings (SSSR count). The number of carbonyl (C=O) groups is 2. The molecule has 0 fully saturated rings. The summed E-state index contributed by atoms with van der Waals surface area (Å²) in [5.41, 5.74) is 1.92. The van der Waals surface area contributed by atoms with Crippen LogP contribution in [0.1, 0.15) is 17.3 Å². The monoisotopic (exact) mass is 383 g/mol. The van der Waals surface area contributed by atoms with E-state index < -0.39 is 0 Å².